The van der Waals surface area contributed by atoms with E-state index in [1.807, 2.05) is 37.4 Å². The zero-order valence-corrected chi connectivity index (χ0v) is 17.0. The Labute approximate surface area is 168 Å². The van der Waals surface area contributed by atoms with Gasteiger partial charge in [0, 0.05) is 29.1 Å². The first kappa shape index (κ1) is 18.8. The molecule has 0 saturated heterocycles. The van der Waals surface area contributed by atoms with E-state index in [1.54, 1.807) is 22.4 Å². The molecule has 1 amide bonds. The van der Waals surface area contributed by atoms with Crippen LogP contribution in [-0.4, -0.2) is 16.2 Å². The van der Waals surface area contributed by atoms with Crippen molar-refractivity contribution in [3.8, 4) is 0 Å². The molecule has 0 spiro atoms. The smallest absolute Gasteiger partial charge is 0.249 e. The highest BCUT2D eigenvalue weighted by molar-refractivity contribution is 7.99. The Bertz CT molecular complexity index is 994. The van der Waals surface area contributed by atoms with Crippen LogP contribution in [0.1, 0.15) is 6.42 Å². The molecule has 0 unspecified atom stereocenters. The first-order valence-corrected chi connectivity index (χ1v) is 10.3. The molecule has 0 atom stereocenters. The Morgan fingerprint density at radius 2 is 1.88 bits per heavy atom. The van der Waals surface area contributed by atoms with Crippen LogP contribution in [0.3, 0.4) is 0 Å². The van der Waals surface area contributed by atoms with Gasteiger partial charge in [-0.1, -0.05) is 46.1 Å². The van der Waals surface area contributed by atoms with Gasteiger partial charge in [0.2, 0.25) is 5.91 Å². The second kappa shape index (κ2) is 8.14. The van der Waals surface area contributed by atoms with Crippen LogP contribution in [0, 0.1) is 0 Å². The molecule has 1 heterocycles. The highest BCUT2D eigenvalue weighted by atomic mass is 35.5. The second-order valence-electron chi connectivity index (χ2n) is 5.21. The summed E-state index contributed by atoms with van der Waals surface area (Å²) in [4.78, 5) is 18.1. The number of nitrogens with zero attached hydrogens (tertiary/aromatic N) is 2. The van der Waals surface area contributed by atoms with Gasteiger partial charge in [0.15, 0.2) is 4.80 Å². The number of amides is 1. The molecular weight excluding hydrogens is 419 g/mol. The van der Waals surface area contributed by atoms with Gasteiger partial charge in [0.05, 0.1) is 20.3 Å². The third-order valence-electron chi connectivity index (χ3n) is 3.47. The summed E-state index contributed by atoms with van der Waals surface area (Å²) in [5, 5.41) is 1.66. The number of rotatable bonds is 4. The van der Waals surface area contributed by atoms with E-state index in [9.17, 15) is 4.79 Å². The largest absolute Gasteiger partial charge is 0.318 e. The maximum atomic E-state index is 12.2. The molecule has 130 valence electrons. The number of halogens is 3. The predicted octanol–water partition coefficient (Wildman–Crippen LogP) is 5.81. The molecule has 3 rings (SSSR count). The summed E-state index contributed by atoms with van der Waals surface area (Å²) in [5.74, 6) is 0.497. The minimum Gasteiger partial charge on any atom is -0.318 e. The molecule has 0 aliphatic rings. The van der Waals surface area contributed by atoms with Crippen LogP contribution in [0.4, 0.5) is 0 Å². The quantitative estimate of drug-likeness (QED) is 0.488. The highest BCUT2D eigenvalue weighted by Gasteiger charge is 2.11. The molecule has 2 aromatic carbocycles. The molecule has 0 bridgehead atoms. The fraction of sp³-hybridized carbons (Fsp3) is 0.176. The van der Waals surface area contributed by atoms with Crippen LogP contribution in [0.5, 0.6) is 0 Å². The van der Waals surface area contributed by atoms with Crippen molar-refractivity contribution in [2.24, 2.45) is 12.0 Å². The van der Waals surface area contributed by atoms with Gasteiger partial charge in [-0.25, -0.2) is 0 Å². The molecule has 0 N–H and O–H groups in total. The molecule has 25 heavy (non-hydrogen) atoms. The van der Waals surface area contributed by atoms with Crippen LogP contribution in [-0.2, 0) is 11.8 Å². The van der Waals surface area contributed by atoms with E-state index in [-0.39, 0.29) is 5.91 Å². The van der Waals surface area contributed by atoms with Crippen LogP contribution in [0.2, 0.25) is 15.1 Å². The van der Waals surface area contributed by atoms with E-state index in [0.717, 1.165) is 15.1 Å². The minimum absolute atomic E-state index is 0.161. The fourth-order valence-corrected chi connectivity index (χ4v) is 4.74. The lowest BCUT2D eigenvalue weighted by Crippen LogP contribution is -2.13. The molecule has 1 aromatic heterocycles. The number of hydrogen-bond donors (Lipinski definition) is 0. The van der Waals surface area contributed by atoms with Crippen LogP contribution >= 0.6 is 57.9 Å². The number of carbonyl (C=O) groups is 1. The second-order valence-corrected chi connectivity index (χ2v) is 8.61. The van der Waals surface area contributed by atoms with Crippen molar-refractivity contribution >= 4 is 74.0 Å². The Balaban J connectivity index is 1.73. The molecule has 0 radical (unpaired) electrons. The number of fused-ring (bicyclic) bond motifs is 1. The average molecular weight is 432 g/mol. The van der Waals surface area contributed by atoms with E-state index in [2.05, 4.69) is 4.99 Å². The van der Waals surface area contributed by atoms with Crippen molar-refractivity contribution < 1.29 is 4.79 Å². The first-order chi connectivity index (χ1) is 12.0. The third kappa shape index (κ3) is 4.41. The summed E-state index contributed by atoms with van der Waals surface area (Å²) in [5.41, 5.74) is 0.793. The van der Waals surface area contributed by atoms with Crippen molar-refractivity contribution in [1.82, 2.24) is 4.57 Å². The Hall–Kier alpha value is -0.980. The molecule has 0 saturated carbocycles. The Morgan fingerprint density at radius 3 is 2.60 bits per heavy atom. The van der Waals surface area contributed by atoms with Crippen LogP contribution < -0.4 is 4.80 Å². The molecule has 8 heteroatoms. The van der Waals surface area contributed by atoms with Crippen molar-refractivity contribution in [1.29, 1.82) is 0 Å². The van der Waals surface area contributed by atoms with Gasteiger partial charge >= 0.3 is 0 Å². The van der Waals surface area contributed by atoms with E-state index in [1.165, 1.54) is 11.3 Å². The zero-order chi connectivity index (χ0) is 18.0. The normalized spacial score (nSPS) is 12.1. The number of benzene rings is 2. The number of carbonyl (C=O) groups excluding carboxylic acids is 1. The van der Waals surface area contributed by atoms with Gasteiger partial charge in [-0.05, 0) is 36.4 Å². The topological polar surface area (TPSA) is 34.4 Å². The maximum absolute atomic E-state index is 12.2. The van der Waals surface area contributed by atoms with Gasteiger partial charge in [-0.3, -0.25) is 4.79 Å². The number of thioether (sulfide) groups is 1. The van der Waals surface area contributed by atoms with E-state index < -0.39 is 0 Å². The summed E-state index contributed by atoms with van der Waals surface area (Å²) in [6.07, 6.45) is 0.357. The van der Waals surface area contributed by atoms with E-state index in [0.29, 0.717) is 32.0 Å². The third-order valence-corrected chi connectivity index (χ3v) is 6.63. The van der Waals surface area contributed by atoms with Gasteiger partial charge in [0.1, 0.15) is 0 Å². The fourth-order valence-electron chi connectivity index (χ4n) is 2.23. The number of aromatic nitrogens is 1. The molecule has 0 fully saturated rings. The van der Waals surface area contributed by atoms with Crippen LogP contribution in [0.15, 0.2) is 46.3 Å². The minimum atomic E-state index is -0.161. The molecule has 3 aromatic rings. The lowest BCUT2D eigenvalue weighted by Gasteiger charge is -2.01. The van der Waals surface area contributed by atoms with Crippen molar-refractivity contribution in [3.05, 3.63) is 56.3 Å². The standard InChI is InChI=1S/C17H13Cl3N2OS2/c1-22-16-13(7-6-12(19)15(16)20)25-17(22)21-14(23)8-9-24-11-4-2-10(18)3-5-11/h2-7H,8-9H2,1H3. The summed E-state index contributed by atoms with van der Waals surface area (Å²) < 4.78 is 2.75. The molecule has 3 nitrogen and oxygen atoms in total. The first-order valence-electron chi connectivity index (χ1n) is 7.35. The van der Waals surface area contributed by atoms with Gasteiger partial charge in [-0.15, -0.1) is 11.8 Å². The van der Waals surface area contributed by atoms with Crippen molar-refractivity contribution in [2.45, 2.75) is 11.3 Å². The van der Waals surface area contributed by atoms with Gasteiger partial charge < -0.3 is 4.57 Å². The SMILES string of the molecule is Cn1c(=NC(=O)CCSc2ccc(Cl)cc2)sc2ccc(Cl)c(Cl)c21. The highest BCUT2D eigenvalue weighted by Crippen LogP contribution is 2.31. The lowest BCUT2D eigenvalue weighted by atomic mass is 10.3. The summed E-state index contributed by atoms with van der Waals surface area (Å²) >= 11 is 21.2. The number of hydrogen-bond acceptors (Lipinski definition) is 3. The summed E-state index contributed by atoms with van der Waals surface area (Å²) in [6.45, 7) is 0. The molecule has 0 aliphatic heterocycles. The molecular formula is C17H13Cl3N2OS2. The summed E-state index contributed by atoms with van der Waals surface area (Å²) in [6, 6.07) is 11.2. The van der Waals surface area contributed by atoms with Gasteiger partial charge in [0.25, 0.3) is 0 Å². The van der Waals surface area contributed by atoms with Gasteiger partial charge in [-0.2, -0.15) is 4.99 Å². The van der Waals surface area contributed by atoms with E-state index in [4.69, 9.17) is 34.8 Å². The Morgan fingerprint density at radius 1 is 1.16 bits per heavy atom. The zero-order valence-electron chi connectivity index (χ0n) is 13.1. The average Bonchev–Trinajstić information content (AvgIpc) is 2.89. The van der Waals surface area contributed by atoms with Crippen LogP contribution in [0.25, 0.3) is 10.2 Å². The van der Waals surface area contributed by atoms with Crippen molar-refractivity contribution in [2.75, 3.05) is 5.75 Å². The summed E-state index contributed by atoms with van der Waals surface area (Å²) in [7, 11) is 1.83. The maximum Gasteiger partial charge on any atom is 0.249 e. The van der Waals surface area contributed by atoms with E-state index >= 15 is 0 Å². The predicted molar refractivity (Wildman–Crippen MR) is 108 cm³/mol. The van der Waals surface area contributed by atoms with Crippen molar-refractivity contribution in [3.63, 3.8) is 0 Å². The lowest BCUT2D eigenvalue weighted by molar-refractivity contribution is -0.117. The number of thiazole rings is 1. The number of aryl methyl sites for hydroxylation is 1. The molecule has 0 aliphatic carbocycles. The Kier molecular flexibility index (Phi) is 6.12. The monoisotopic (exact) mass is 430 g/mol.